The SMILES string of the molecule is CC1CC(C)CC(Oc2cc(C(=O)O)c(Cl)cn2)C1. The van der Waals surface area contributed by atoms with Crippen LogP contribution in [0.15, 0.2) is 12.3 Å². The summed E-state index contributed by atoms with van der Waals surface area (Å²) in [7, 11) is 0. The Morgan fingerprint density at radius 1 is 1.37 bits per heavy atom. The molecule has 2 atom stereocenters. The number of nitrogens with zero attached hydrogens (tertiary/aromatic N) is 1. The summed E-state index contributed by atoms with van der Waals surface area (Å²) in [4.78, 5) is 15.1. The van der Waals surface area contributed by atoms with Crippen molar-refractivity contribution >= 4 is 17.6 Å². The van der Waals surface area contributed by atoms with Gasteiger partial charge >= 0.3 is 5.97 Å². The largest absolute Gasteiger partial charge is 0.478 e. The lowest BCUT2D eigenvalue weighted by molar-refractivity contribution is 0.0693. The molecule has 0 spiro atoms. The highest BCUT2D eigenvalue weighted by atomic mass is 35.5. The lowest BCUT2D eigenvalue weighted by Gasteiger charge is -2.31. The minimum absolute atomic E-state index is 0.0311. The molecule has 5 heteroatoms. The standard InChI is InChI=1S/C14H18ClNO3/c1-8-3-9(2)5-10(4-8)19-13-6-11(14(17)18)12(15)7-16-13/h6-10H,3-5H2,1-2H3,(H,17,18). The second kappa shape index (κ2) is 5.78. The first-order chi connectivity index (χ1) is 8.95. The molecule has 0 saturated heterocycles. The molecule has 1 N–H and O–H groups in total. The zero-order valence-electron chi connectivity index (χ0n) is 11.1. The van der Waals surface area contributed by atoms with E-state index in [4.69, 9.17) is 21.4 Å². The van der Waals surface area contributed by atoms with E-state index in [-0.39, 0.29) is 16.7 Å². The summed E-state index contributed by atoms with van der Waals surface area (Å²) in [6.45, 7) is 4.42. The number of halogens is 1. The van der Waals surface area contributed by atoms with E-state index < -0.39 is 5.97 Å². The summed E-state index contributed by atoms with van der Waals surface area (Å²) in [5, 5.41) is 9.14. The smallest absolute Gasteiger partial charge is 0.337 e. The van der Waals surface area contributed by atoms with E-state index >= 15 is 0 Å². The lowest BCUT2D eigenvalue weighted by atomic mass is 9.82. The fraction of sp³-hybridized carbons (Fsp3) is 0.571. The van der Waals surface area contributed by atoms with Crippen LogP contribution in [0.3, 0.4) is 0 Å². The van der Waals surface area contributed by atoms with Crippen LogP contribution in [-0.2, 0) is 0 Å². The number of rotatable bonds is 3. The number of hydrogen-bond donors (Lipinski definition) is 1. The summed E-state index contributed by atoms with van der Waals surface area (Å²) in [6.07, 6.45) is 4.62. The van der Waals surface area contributed by atoms with Crippen molar-refractivity contribution in [3.63, 3.8) is 0 Å². The van der Waals surface area contributed by atoms with Crippen molar-refractivity contribution < 1.29 is 14.6 Å². The van der Waals surface area contributed by atoms with Crippen molar-refractivity contribution in [3.05, 3.63) is 22.8 Å². The van der Waals surface area contributed by atoms with Gasteiger partial charge in [-0.25, -0.2) is 9.78 Å². The van der Waals surface area contributed by atoms with Crippen LogP contribution in [0.1, 0.15) is 43.5 Å². The summed E-state index contributed by atoms with van der Waals surface area (Å²) < 4.78 is 5.81. The summed E-state index contributed by atoms with van der Waals surface area (Å²) >= 11 is 5.78. The Morgan fingerprint density at radius 3 is 2.58 bits per heavy atom. The van der Waals surface area contributed by atoms with E-state index in [1.54, 1.807) is 0 Å². The molecule has 0 amide bonds. The van der Waals surface area contributed by atoms with Crippen LogP contribution < -0.4 is 4.74 Å². The van der Waals surface area contributed by atoms with Gasteiger partial charge in [-0.2, -0.15) is 0 Å². The fourth-order valence-electron chi connectivity index (χ4n) is 2.79. The molecule has 1 aromatic heterocycles. The second-order valence-corrected chi connectivity index (χ2v) is 5.87. The van der Waals surface area contributed by atoms with Crippen molar-refractivity contribution in [2.75, 3.05) is 0 Å². The number of carboxylic acids is 1. The predicted octanol–water partition coefficient (Wildman–Crippen LogP) is 3.64. The van der Waals surface area contributed by atoms with E-state index in [1.807, 2.05) is 0 Å². The Balaban J connectivity index is 2.10. The third-order valence-electron chi connectivity index (χ3n) is 3.48. The molecule has 1 aliphatic rings. The van der Waals surface area contributed by atoms with Gasteiger partial charge in [0.25, 0.3) is 0 Å². The van der Waals surface area contributed by atoms with Crippen LogP contribution in [0, 0.1) is 11.8 Å². The number of pyridine rings is 1. The quantitative estimate of drug-likeness (QED) is 0.920. The van der Waals surface area contributed by atoms with Gasteiger partial charge in [0.1, 0.15) is 6.10 Å². The van der Waals surface area contributed by atoms with E-state index in [0.717, 1.165) is 12.8 Å². The van der Waals surface area contributed by atoms with E-state index in [0.29, 0.717) is 17.7 Å². The Bertz CT molecular complexity index is 468. The Kier molecular flexibility index (Phi) is 4.30. The number of aromatic carboxylic acids is 1. The maximum absolute atomic E-state index is 11.0. The maximum atomic E-state index is 11.0. The van der Waals surface area contributed by atoms with E-state index in [9.17, 15) is 4.79 Å². The molecular formula is C14H18ClNO3. The molecule has 19 heavy (non-hydrogen) atoms. The van der Waals surface area contributed by atoms with Gasteiger partial charge in [0, 0.05) is 6.07 Å². The molecule has 4 nitrogen and oxygen atoms in total. The molecule has 0 bridgehead atoms. The highest BCUT2D eigenvalue weighted by Crippen LogP contribution is 2.31. The number of carboxylic acid groups (broad SMARTS) is 1. The molecule has 1 aromatic rings. The first-order valence-corrected chi connectivity index (χ1v) is 6.89. The topological polar surface area (TPSA) is 59.4 Å². The zero-order chi connectivity index (χ0) is 14.0. The highest BCUT2D eigenvalue weighted by molar-refractivity contribution is 6.33. The molecular weight excluding hydrogens is 266 g/mol. The second-order valence-electron chi connectivity index (χ2n) is 5.46. The normalized spacial score (nSPS) is 27.0. The monoisotopic (exact) mass is 283 g/mol. The van der Waals surface area contributed by atoms with Gasteiger partial charge in [-0.3, -0.25) is 0 Å². The number of carbonyl (C=O) groups is 1. The molecule has 2 rings (SSSR count). The number of aromatic nitrogens is 1. The van der Waals surface area contributed by atoms with Crippen LogP contribution in [0.5, 0.6) is 5.88 Å². The molecule has 1 heterocycles. The van der Waals surface area contributed by atoms with Crippen molar-refractivity contribution in [1.82, 2.24) is 4.98 Å². The van der Waals surface area contributed by atoms with Crippen LogP contribution in [0.25, 0.3) is 0 Å². The van der Waals surface area contributed by atoms with Crippen molar-refractivity contribution in [2.45, 2.75) is 39.2 Å². The Hall–Kier alpha value is -1.29. The predicted molar refractivity (Wildman–Crippen MR) is 72.8 cm³/mol. The summed E-state index contributed by atoms with van der Waals surface area (Å²) in [6, 6.07) is 1.40. The molecule has 0 aliphatic heterocycles. The zero-order valence-corrected chi connectivity index (χ0v) is 11.9. The minimum Gasteiger partial charge on any atom is -0.478 e. The van der Waals surface area contributed by atoms with E-state index in [1.165, 1.54) is 18.7 Å². The average Bonchev–Trinajstić information content (AvgIpc) is 2.30. The first-order valence-electron chi connectivity index (χ1n) is 6.51. The van der Waals surface area contributed by atoms with Gasteiger partial charge in [-0.05, 0) is 31.1 Å². The third kappa shape index (κ3) is 3.60. The van der Waals surface area contributed by atoms with Crippen molar-refractivity contribution in [3.8, 4) is 5.88 Å². The van der Waals surface area contributed by atoms with Crippen LogP contribution in [-0.4, -0.2) is 22.2 Å². The summed E-state index contributed by atoms with van der Waals surface area (Å²) in [5.74, 6) is 0.524. The summed E-state index contributed by atoms with van der Waals surface area (Å²) in [5.41, 5.74) is 0.0311. The molecule has 1 fully saturated rings. The van der Waals surface area contributed by atoms with Crippen molar-refractivity contribution in [2.24, 2.45) is 11.8 Å². The molecule has 0 radical (unpaired) electrons. The lowest BCUT2D eigenvalue weighted by Crippen LogP contribution is -2.28. The number of ether oxygens (including phenoxy) is 1. The van der Waals surface area contributed by atoms with Gasteiger partial charge in [0.2, 0.25) is 5.88 Å². The van der Waals surface area contributed by atoms with E-state index in [2.05, 4.69) is 18.8 Å². The minimum atomic E-state index is -1.07. The van der Waals surface area contributed by atoms with Crippen LogP contribution >= 0.6 is 11.6 Å². The molecule has 1 aliphatic carbocycles. The van der Waals surface area contributed by atoms with Crippen LogP contribution in [0.4, 0.5) is 0 Å². The Morgan fingerprint density at radius 2 is 2.00 bits per heavy atom. The first kappa shape index (κ1) is 14.1. The Labute approximate surface area is 117 Å². The van der Waals surface area contributed by atoms with Crippen LogP contribution in [0.2, 0.25) is 5.02 Å². The third-order valence-corrected chi connectivity index (χ3v) is 3.78. The molecule has 0 aromatic carbocycles. The van der Waals surface area contributed by atoms with Gasteiger partial charge in [-0.1, -0.05) is 25.4 Å². The molecule has 2 unspecified atom stereocenters. The van der Waals surface area contributed by atoms with Crippen molar-refractivity contribution in [1.29, 1.82) is 0 Å². The molecule has 104 valence electrons. The van der Waals surface area contributed by atoms with Gasteiger partial charge in [0.05, 0.1) is 16.8 Å². The fourth-order valence-corrected chi connectivity index (χ4v) is 2.97. The van der Waals surface area contributed by atoms with Gasteiger partial charge in [0.15, 0.2) is 0 Å². The maximum Gasteiger partial charge on any atom is 0.337 e. The van der Waals surface area contributed by atoms with Gasteiger partial charge < -0.3 is 9.84 Å². The average molecular weight is 284 g/mol. The number of hydrogen-bond acceptors (Lipinski definition) is 3. The highest BCUT2D eigenvalue weighted by Gasteiger charge is 2.25. The molecule has 1 saturated carbocycles. The van der Waals surface area contributed by atoms with Gasteiger partial charge in [-0.15, -0.1) is 0 Å².